The summed E-state index contributed by atoms with van der Waals surface area (Å²) < 4.78 is 63.7. The molecule has 2 aromatic rings. The van der Waals surface area contributed by atoms with Crippen LogP contribution in [0.15, 0.2) is 34.1 Å². The predicted octanol–water partition coefficient (Wildman–Crippen LogP) is 1.16. The maximum Gasteiger partial charge on any atom is 0.295 e. The molecule has 12 heteroatoms. The van der Waals surface area contributed by atoms with Gasteiger partial charge in [-0.3, -0.25) is 19.2 Å². The molecule has 10 nitrogen and oxygen atoms in total. The van der Waals surface area contributed by atoms with E-state index in [1.54, 1.807) is 0 Å². The van der Waals surface area contributed by atoms with Crippen molar-refractivity contribution in [2.45, 2.75) is 9.79 Å². The highest BCUT2D eigenvalue weighted by molar-refractivity contribution is 7.86. The molecule has 22 heavy (non-hydrogen) atoms. The van der Waals surface area contributed by atoms with Crippen LogP contribution < -0.4 is 5.73 Å². The fraction of sp³-hybridized carbons (Fsp3) is 0. The van der Waals surface area contributed by atoms with E-state index in [-0.39, 0.29) is 0 Å². The maximum absolute atomic E-state index is 11.4. The number of rotatable bonds is 3. The number of nitro groups is 1. The molecule has 0 aliphatic rings. The summed E-state index contributed by atoms with van der Waals surface area (Å²) in [7, 11) is -9.80. The van der Waals surface area contributed by atoms with Gasteiger partial charge in [-0.2, -0.15) is 16.8 Å². The molecule has 0 aliphatic carbocycles. The normalized spacial score (nSPS) is 12.5. The molecular weight excluding hydrogens is 340 g/mol. The van der Waals surface area contributed by atoms with Crippen LogP contribution in [0.4, 0.5) is 11.4 Å². The van der Waals surface area contributed by atoms with Gasteiger partial charge >= 0.3 is 0 Å². The minimum absolute atomic E-state index is 0.437. The summed E-state index contributed by atoms with van der Waals surface area (Å²) in [4.78, 5) is 8.04. The zero-order chi connectivity index (χ0) is 16.9. The van der Waals surface area contributed by atoms with E-state index in [0.717, 1.165) is 12.1 Å². The lowest BCUT2D eigenvalue weighted by atomic mass is 10.1. The van der Waals surface area contributed by atoms with Crippen LogP contribution in [0.2, 0.25) is 0 Å². The van der Waals surface area contributed by atoms with Gasteiger partial charge in [-0.1, -0.05) is 0 Å². The predicted molar refractivity (Wildman–Crippen MR) is 73.0 cm³/mol. The second-order valence-corrected chi connectivity index (χ2v) is 7.00. The third-order valence-electron chi connectivity index (χ3n) is 2.75. The van der Waals surface area contributed by atoms with Gasteiger partial charge < -0.3 is 5.73 Å². The summed E-state index contributed by atoms with van der Waals surface area (Å²) >= 11 is 0. The number of nitrogens with one attached hydrogen (secondary N) is 1. The molecule has 2 aromatic carbocycles. The van der Waals surface area contributed by atoms with E-state index in [1.165, 1.54) is 0 Å². The summed E-state index contributed by atoms with van der Waals surface area (Å²) in [6.07, 6.45) is 0. The molecule has 0 fully saturated rings. The Kier molecular flexibility index (Phi) is 3.57. The van der Waals surface area contributed by atoms with Gasteiger partial charge in [0.05, 0.1) is 10.6 Å². The highest BCUT2D eigenvalue weighted by atomic mass is 32.2. The average molecular weight is 347 g/mol. The standard InChI is InChI=1S/C10H7N2O8S2/c11-5-1-7-8(9(2-5)21(15,16)17)3-6(12(13)14)4-10(7)22(18,19)20/h1-4,11H,(H,15,16,17)(H,18,19,20). The molecule has 0 unspecified atom stereocenters. The van der Waals surface area contributed by atoms with Gasteiger partial charge in [0, 0.05) is 22.9 Å². The Morgan fingerprint density at radius 2 is 1.36 bits per heavy atom. The topological polar surface area (TPSA) is 176 Å². The molecule has 0 atom stereocenters. The monoisotopic (exact) mass is 347 g/mol. The van der Waals surface area contributed by atoms with Gasteiger partial charge in [0.15, 0.2) is 0 Å². The van der Waals surface area contributed by atoms with Gasteiger partial charge in [0.2, 0.25) is 0 Å². The number of benzene rings is 2. The molecule has 1 radical (unpaired) electrons. The number of nitro benzene ring substituents is 1. The quantitative estimate of drug-likeness (QED) is 0.472. The Morgan fingerprint density at radius 1 is 0.909 bits per heavy atom. The minimum Gasteiger partial charge on any atom is -0.301 e. The lowest BCUT2D eigenvalue weighted by Crippen LogP contribution is -2.04. The maximum atomic E-state index is 11.4. The van der Waals surface area contributed by atoms with Crippen LogP contribution in [0, 0.1) is 10.1 Å². The summed E-state index contributed by atoms with van der Waals surface area (Å²) in [5.74, 6) is 0. The fourth-order valence-corrected chi connectivity index (χ4v) is 3.35. The molecule has 0 aliphatic heterocycles. The van der Waals surface area contributed by atoms with Crippen molar-refractivity contribution in [1.29, 1.82) is 0 Å². The van der Waals surface area contributed by atoms with E-state index in [2.05, 4.69) is 0 Å². The number of fused-ring (bicyclic) bond motifs is 1. The molecule has 0 saturated heterocycles. The Labute approximate surface area is 123 Å². The van der Waals surface area contributed by atoms with Crippen molar-refractivity contribution in [3.63, 3.8) is 0 Å². The van der Waals surface area contributed by atoms with Gasteiger partial charge in [-0.25, -0.2) is 0 Å². The number of non-ortho nitro benzene ring substituents is 1. The summed E-state index contributed by atoms with van der Waals surface area (Å²) in [5, 5.41) is 9.90. The van der Waals surface area contributed by atoms with Crippen molar-refractivity contribution in [3.05, 3.63) is 34.4 Å². The van der Waals surface area contributed by atoms with Crippen LogP contribution in [0.3, 0.4) is 0 Å². The molecule has 0 aromatic heterocycles. The largest absolute Gasteiger partial charge is 0.301 e. The Balaban J connectivity index is 3.16. The minimum atomic E-state index is -4.93. The van der Waals surface area contributed by atoms with Crippen LogP contribution in [-0.2, 0) is 20.2 Å². The first-order chi connectivity index (χ1) is 9.91. The molecular formula is C10H7N2O8S2. The van der Waals surface area contributed by atoms with Crippen molar-refractivity contribution in [2.75, 3.05) is 0 Å². The summed E-state index contributed by atoms with van der Waals surface area (Å²) in [6, 6.07) is 2.86. The molecule has 0 bridgehead atoms. The Morgan fingerprint density at radius 3 is 1.82 bits per heavy atom. The first kappa shape index (κ1) is 16.1. The van der Waals surface area contributed by atoms with E-state index in [1.807, 2.05) is 0 Å². The van der Waals surface area contributed by atoms with Gasteiger partial charge in [-0.15, -0.1) is 0 Å². The second-order valence-electron chi connectivity index (χ2n) is 4.22. The van der Waals surface area contributed by atoms with E-state index in [9.17, 15) is 26.9 Å². The van der Waals surface area contributed by atoms with Crippen molar-refractivity contribution in [1.82, 2.24) is 5.73 Å². The zero-order valence-corrected chi connectivity index (χ0v) is 12.1. The zero-order valence-electron chi connectivity index (χ0n) is 10.4. The summed E-state index contributed by atoms with van der Waals surface area (Å²) in [5.41, 5.74) is 6.18. The lowest BCUT2D eigenvalue weighted by molar-refractivity contribution is -0.384. The Hall–Kier alpha value is -2.28. The third kappa shape index (κ3) is 2.85. The van der Waals surface area contributed by atoms with Crippen LogP contribution in [0.5, 0.6) is 0 Å². The van der Waals surface area contributed by atoms with E-state index in [4.69, 9.17) is 14.8 Å². The molecule has 117 valence electrons. The van der Waals surface area contributed by atoms with Gasteiger partial charge in [0.25, 0.3) is 25.9 Å². The lowest BCUT2D eigenvalue weighted by Gasteiger charge is -2.09. The highest BCUT2D eigenvalue weighted by Gasteiger charge is 2.25. The van der Waals surface area contributed by atoms with Crippen molar-refractivity contribution >= 4 is 42.4 Å². The molecule has 3 N–H and O–H groups in total. The molecule has 0 amide bonds. The molecule has 0 heterocycles. The van der Waals surface area contributed by atoms with Crippen LogP contribution >= 0.6 is 0 Å². The highest BCUT2D eigenvalue weighted by Crippen LogP contribution is 2.34. The third-order valence-corrected chi connectivity index (χ3v) is 4.53. The van der Waals surface area contributed by atoms with Gasteiger partial charge in [-0.05, 0) is 12.1 Å². The molecule has 2 rings (SSSR count). The van der Waals surface area contributed by atoms with Crippen molar-refractivity contribution < 1.29 is 30.9 Å². The SMILES string of the molecule is [NH]c1cc(S(=O)(=O)O)c2cc([N+](=O)[O-])cc(S(=O)(=O)O)c2c1. The molecule has 0 saturated carbocycles. The fourth-order valence-electron chi connectivity index (χ4n) is 1.91. The van der Waals surface area contributed by atoms with Crippen LogP contribution in [0.1, 0.15) is 0 Å². The Bertz CT molecular complexity index is 1010. The van der Waals surface area contributed by atoms with Gasteiger partial charge in [0.1, 0.15) is 9.79 Å². The molecule has 0 spiro atoms. The first-order valence-corrected chi connectivity index (χ1v) is 8.22. The number of hydrogen-bond acceptors (Lipinski definition) is 6. The number of nitrogens with zero attached hydrogens (tertiary/aromatic N) is 1. The first-order valence-electron chi connectivity index (χ1n) is 5.34. The summed E-state index contributed by atoms with van der Waals surface area (Å²) in [6.45, 7) is 0. The van der Waals surface area contributed by atoms with Crippen LogP contribution in [0.25, 0.3) is 10.8 Å². The average Bonchev–Trinajstić information content (AvgIpc) is 2.33. The van der Waals surface area contributed by atoms with E-state index < -0.39 is 57.1 Å². The smallest absolute Gasteiger partial charge is 0.295 e. The van der Waals surface area contributed by atoms with Crippen molar-refractivity contribution in [3.8, 4) is 0 Å². The van der Waals surface area contributed by atoms with E-state index >= 15 is 0 Å². The van der Waals surface area contributed by atoms with E-state index in [0.29, 0.717) is 12.1 Å². The van der Waals surface area contributed by atoms with Crippen molar-refractivity contribution in [2.24, 2.45) is 0 Å². The second kappa shape index (κ2) is 4.88. The van der Waals surface area contributed by atoms with Crippen LogP contribution in [-0.4, -0.2) is 30.9 Å². The number of hydrogen-bond donors (Lipinski definition) is 2.